The van der Waals surface area contributed by atoms with Gasteiger partial charge in [-0.25, -0.2) is 0 Å². The molecule has 1 aromatic rings. The first-order chi connectivity index (χ1) is 8.69. The lowest BCUT2D eigenvalue weighted by molar-refractivity contribution is -0.122. The standard InChI is InChI=1S/C13H19BrN2O2S/c1-8-7-9(19-11(8)14)12(18)15-6-5-10(17)16-13(2,3)4/h7H,5-6H2,1-4H3,(H,15,18)(H,16,17). The van der Waals surface area contributed by atoms with Crippen LogP contribution < -0.4 is 10.6 Å². The van der Waals surface area contributed by atoms with Crippen LogP contribution in [0.2, 0.25) is 0 Å². The lowest BCUT2D eigenvalue weighted by Crippen LogP contribution is -2.41. The highest BCUT2D eigenvalue weighted by Gasteiger charge is 2.14. The van der Waals surface area contributed by atoms with Crippen molar-refractivity contribution in [3.05, 3.63) is 20.3 Å². The predicted octanol–water partition coefficient (Wildman–Crippen LogP) is 2.85. The summed E-state index contributed by atoms with van der Waals surface area (Å²) < 4.78 is 0.961. The van der Waals surface area contributed by atoms with Gasteiger partial charge in [-0.05, 0) is 55.3 Å². The second-order valence-electron chi connectivity index (χ2n) is 5.37. The molecule has 1 aromatic heterocycles. The Labute approximate surface area is 126 Å². The summed E-state index contributed by atoms with van der Waals surface area (Å²) >= 11 is 4.78. The van der Waals surface area contributed by atoms with Gasteiger partial charge in [-0.15, -0.1) is 11.3 Å². The van der Waals surface area contributed by atoms with Crippen LogP contribution in [0, 0.1) is 6.92 Å². The molecule has 0 bridgehead atoms. The average Bonchev–Trinajstić information content (AvgIpc) is 2.56. The van der Waals surface area contributed by atoms with Crippen LogP contribution in [0.15, 0.2) is 9.85 Å². The molecule has 0 saturated carbocycles. The Balaban J connectivity index is 2.37. The van der Waals surface area contributed by atoms with Crippen LogP contribution in [0.25, 0.3) is 0 Å². The van der Waals surface area contributed by atoms with Gasteiger partial charge in [0.1, 0.15) is 0 Å². The molecule has 0 spiro atoms. The molecule has 0 aliphatic heterocycles. The molecule has 0 aliphatic rings. The van der Waals surface area contributed by atoms with E-state index in [1.54, 1.807) is 0 Å². The molecule has 1 rings (SSSR count). The van der Waals surface area contributed by atoms with Crippen molar-refractivity contribution >= 4 is 39.1 Å². The van der Waals surface area contributed by atoms with Crippen molar-refractivity contribution in [3.63, 3.8) is 0 Å². The minimum absolute atomic E-state index is 0.0589. The van der Waals surface area contributed by atoms with Crippen LogP contribution in [0.3, 0.4) is 0 Å². The lowest BCUT2D eigenvalue weighted by atomic mass is 10.1. The SMILES string of the molecule is Cc1cc(C(=O)NCCC(=O)NC(C)(C)C)sc1Br. The van der Waals surface area contributed by atoms with Crippen LogP contribution in [-0.2, 0) is 4.79 Å². The second kappa shape index (κ2) is 6.52. The molecule has 6 heteroatoms. The Morgan fingerprint density at radius 2 is 2.00 bits per heavy atom. The molecule has 0 saturated heterocycles. The maximum absolute atomic E-state index is 11.8. The van der Waals surface area contributed by atoms with E-state index in [9.17, 15) is 9.59 Å². The van der Waals surface area contributed by atoms with Crippen LogP contribution in [0.5, 0.6) is 0 Å². The molecule has 2 N–H and O–H groups in total. The van der Waals surface area contributed by atoms with Gasteiger partial charge in [0.15, 0.2) is 0 Å². The highest BCUT2D eigenvalue weighted by Crippen LogP contribution is 2.27. The van der Waals surface area contributed by atoms with Gasteiger partial charge in [-0.3, -0.25) is 9.59 Å². The van der Waals surface area contributed by atoms with Crippen molar-refractivity contribution in [2.75, 3.05) is 6.54 Å². The lowest BCUT2D eigenvalue weighted by Gasteiger charge is -2.20. The third-order valence-electron chi connectivity index (χ3n) is 2.23. The van der Waals surface area contributed by atoms with Crippen LogP contribution >= 0.6 is 27.3 Å². The predicted molar refractivity (Wildman–Crippen MR) is 81.6 cm³/mol. The van der Waals surface area contributed by atoms with Crippen molar-refractivity contribution in [2.45, 2.75) is 39.7 Å². The van der Waals surface area contributed by atoms with E-state index in [2.05, 4.69) is 26.6 Å². The first-order valence-corrected chi connectivity index (χ1v) is 7.65. The zero-order valence-corrected chi connectivity index (χ0v) is 14.0. The van der Waals surface area contributed by atoms with E-state index in [4.69, 9.17) is 0 Å². The van der Waals surface area contributed by atoms with Crippen molar-refractivity contribution in [1.82, 2.24) is 10.6 Å². The number of rotatable bonds is 4. The zero-order valence-electron chi connectivity index (χ0n) is 11.6. The van der Waals surface area contributed by atoms with Gasteiger partial charge in [-0.2, -0.15) is 0 Å². The summed E-state index contributed by atoms with van der Waals surface area (Å²) in [4.78, 5) is 24.0. The number of aryl methyl sites for hydroxylation is 1. The van der Waals surface area contributed by atoms with Crippen molar-refractivity contribution in [1.29, 1.82) is 0 Å². The van der Waals surface area contributed by atoms with Gasteiger partial charge < -0.3 is 10.6 Å². The van der Waals surface area contributed by atoms with E-state index in [1.807, 2.05) is 33.8 Å². The average molecular weight is 347 g/mol. The van der Waals surface area contributed by atoms with Gasteiger partial charge >= 0.3 is 0 Å². The monoisotopic (exact) mass is 346 g/mol. The summed E-state index contributed by atoms with van der Waals surface area (Å²) in [6.45, 7) is 8.06. The van der Waals surface area contributed by atoms with E-state index in [0.717, 1.165) is 9.35 Å². The van der Waals surface area contributed by atoms with E-state index in [1.165, 1.54) is 11.3 Å². The summed E-state index contributed by atoms with van der Waals surface area (Å²) in [5.41, 5.74) is 0.803. The van der Waals surface area contributed by atoms with Crippen LogP contribution in [-0.4, -0.2) is 23.9 Å². The molecule has 0 radical (unpaired) electrons. The summed E-state index contributed by atoms with van der Waals surface area (Å²) in [7, 11) is 0. The highest BCUT2D eigenvalue weighted by molar-refractivity contribution is 9.11. The van der Waals surface area contributed by atoms with E-state index in [0.29, 0.717) is 11.4 Å². The molecule has 0 atom stereocenters. The fourth-order valence-electron chi connectivity index (χ4n) is 1.43. The van der Waals surface area contributed by atoms with Gasteiger partial charge in [0.2, 0.25) is 5.91 Å². The Morgan fingerprint density at radius 3 is 2.47 bits per heavy atom. The minimum Gasteiger partial charge on any atom is -0.351 e. The summed E-state index contributed by atoms with van der Waals surface area (Å²) in [5.74, 6) is -0.196. The number of halogens is 1. The number of carbonyl (C=O) groups is 2. The molecular weight excluding hydrogens is 328 g/mol. The van der Waals surface area contributed by atoms with Gasteiger partial charge in [0.25, 0.3) is 5.91 Å². The first kappa shape index (κ1) is 16.2. The summed E-state index contributed by atoms with van der Waals surface area (Å²) in [5, 5.41) is 5.60. The number of thiophene rings is 1. The number of carbonyl (C=O) groups excluding carboxylic acids is 2. The Kier molecular flexibility index (Phi) is 5.55. The Morgan fingerprint density at radius 1 is 1.37 bits per heavy atom. The molecule has 19 heavy (non-hydrogen) atoms. The van der Waals surface area contributed by atoms with Crippen molar-refractivity contribution in [2.24, 2.45) is 0 Å². The Bertz CT molecular complexity index is 458. The molecule has 0 unspecified atom stereocenters. The fourth-order valence-corrected chi connectivity index (χ4v) is 2.88. The minimum atomic E-state index is -0.239. The van der Waals surface area contributed by atoms with E-state index in [-0.39, 0.29) is 23.8 Å². The van der Waals surface area contributed by atoms with Crippen LogP contribution in [0.1, 0.15) is 42.4 Å². The summed E-state index contributed by atoms with van der Waals surface area (Å²) in [6.07, 6.45) is 0.286. The van der Waals surface area contributed by atoms with Gasteiger partial charge in [0, 0.05) is 18.5 Å². The molecular formula is C13H19BrN2O2S. The smallest absolute Gasteiger partial charge is 0.261 e. The molecule has 1 heterocycles. The van der Waals surface area contributed by atoms with Crippen molar-refractivity contribution in [3.8, 4) is 0 Å². The number of hydrogen-bond acceptors (Lipinski definition) is 3. The molecule has 0 fully saturated rings. The maximum Gasteiger partial charge on any atom is 0.261 e. The normalized spacial score (nSPS) is 11.2. The van der Waals surface area contributed by atoms with E-state index < -0.39 is 0 Å². The Hall–Kier alpha value is -0.880. The molecule has 106 valence electrons. The quantitative estimate of drug-likeness (QED) is 0.880. The third-order valence-corrected chi connectivity index (χ3v) is 4.37. The highest BCUT2D eigenvalue weighted by atomic mass is 79.9. The van der Waals surface area contributed by atoms with Gasteiger partial charge in [-0.1, -0.05) is 0 Å². The van der Waals surface area contributed by atoms with Crippen molar-refractivity contribution < 1.29 is 9.59 Å². The zero-order chi connectivity index (χ0) is 14.6. The molecule has 2 amide bonds. The van der Waals surface area contributed by atoms with Gasteiger partial charge in [0.05, 0.1) is 8.66 Å². The largest absolute Gasteiger partial charge is 0.351 e. The third kappa shape index (κ3) is 5.74. The number of amides is 2. The molecule has 4 nitrogen and oxygen atoms in total. The van der Waals surface area contributed by atoms with E-state index >= 15 is 0 Å². The fraction of sp³-hybridized carbons (Fsp3) is 0.538. The summed E-state index contributed by atoms with van der Waals surface area (Å²) in [6, 6.07) is 1.83. The molecule has 0 aliphatic carbocycles. The maximum atomic E-state index is 11.8. The first-order valence-electron chi connectivity index (χ1n) is 6.04. The number of nitrogens with one attached hydrogen (secondary N) is 2. The number of hydrogen-bond donors (Lipinski definition) is 2. The van der Waals surface area contributed by atoms with Crippen LogP contribution in [0.4, 0.5) is 0 Å². The molecule has 0 aromatic carbocycles. The topological polar surface area (TPSA) is 58.2 Å². The second-order valence-corrected chi connectivity index (χ2v) is 7.74.